The number of hydrogen-bond acceptors (Lipinski definition) is 16. The van der Waals surface area contributed by atoms with E-state index in [0.29, 0.717) is 0 Å². The van der Waals surface area contributed by atoms with Crippen molar-refractivity contribution in [1.82, 2.24) is 21.3 Å². The molecule has 0 saturated heterocycles. The average molecular weight is 636 g/mol. The molecule has 0 saturated carbocycles. The van der Waals surface area contributed by atoms with E-state index in [1.807, 2.05) is 10.6 Å². The maximum Gasteiger partial charge on any atom is 1.00 e. The Balaban J connectivity index is -0.00000127. The molecule has 0 aromatic carbocycles. The van der Waals surface area contributed by atoms with Crippen LogP contribution in [0.3, 0.4) is 0 Å². The van der Waals surface area contributed by atoms with E-state index in [2.05, 4.69) is 10.6 Å². The first kappa shape index (κ1) is 52.3. The van der Waals surface area contributed by atoms with Crippen LogP contribution in [0.25, 0.3) is 0 Å². The molecule has 0 aromatic heterocycles. The van der Waals surface area contributed by atoms with Gasteiger partial charge in [0.2, 0.25) is 23.6 Å². The number of amides is 4. The van der Waals surface area contributed by atoms with E-state index in [9.17, 15) is 58.8 Å². The molecular weight excluding hydrogens is 608 g/mol. The molecule has 4 atom stereocenters. The molecule has 0 aliphatic heterocycles. The number of aliphatic carboxylic acids is 4. The normalized spacial score (nSPS) is 12.3. The van der Waals surface area contributed by atoms with Gasteiger partial charge in [-0.2, -0.15) is 0 Å². The predicted octanol–water partition coefficient (Wildman–Crippen LogP) is -21.2. The minimum absolute atomic E-state index is 0. The summed E-state index contributed by atoms with van der Waals surface area (Å²) >= 11 is 0. The largest absolute Gasteiger partial charge is 1.00 e. The van der Waals surface area contributed by atoms with Crippen LogP contribution < -0.4 is 129 Å². The number of nitrogens with two attached hydrogens (primary N) is 2. The van der Waals surface area contributed by atoms with E-state index < -0.39 is 97.6 Å². The van der Waals surface area contributed by atoms with Crippen molar-refractivity contribution in [2.45, 2.75) is 49.9 Å². The van der Waals surface area contributed by atoms with Gasteiger partial charge in [-0.1, -0.05) is 21.6 Å². The number of nitrogens with one attached hydrogen (secondary N) is 4. The molecule has 18 nitrogen and oxygen atoms in total. The molecule has 4 amide bonds. The van der Waals surface area contributed by atoms with E-state index in [4.69, 9.17) is 11.5 Å². The van der Waals surface area contributed by atoms with Gasteiger partial charge >= 0.3 is 75.4 Å². The van der Waals surface area contributed by atoms with Crippen molar-refractivity contribution in [3.8, 4) is 0 Å². The van der Waals surface area contributed by atoms with E-state index in [0.717, 1.165) is 21.6 Å². The second-order valence-corrected chi connectivity index (χ2v) is 10.5. The van der Waals surface area contributed by atoms with Crippen molar-refractivity contribution < 1.29 is 134 Å². The molecule has 0 radical (unpaired) electrons. The minimum Gasteiger partial charge on any atom is -0.548 e. The summed E-state index contributed by atoms with van der Waals surface area (Å²) in [4.78, 5) is 91.6. The molecule has 0 spiro atoms. The van der Waals surface area contributed by atoms with Gasteiger partial charge in [-0.25, -0.2) is 0 Å². The first-order valence-electron chi connectivity index (χ1n) is 11.3. The average Bonchev–Trinajstić information content (AvgIpc) is 2.87. The van der Waals surface area contributed by atoms with Gasteiger partial charge in [0.25, 0.3) is 0 Å². The molecule has 0 fully saturated rings. The number of carbonyl (C=O) groups excluding carboxylic acids is 8. The Kier molecular flexibility index (Phi) is 34.7. The van der Waals surface area contributed by atoms with Crippen molar-refractivity contribution in [3.05, 3.63) is 0 Å². The quantitative estimate of drug-likeness (QED) is 0.0387. The maximum atomic E-state index is 12.3. The minimum atomic E-state index is -1.61. The Hall–Kier alpha value is -1.23. The van der Waals surface area contributed by atoms with E-state index >= 15 is 0 Å². The molecule has 0 unspecified atom stereocenters. The van der Waals surface area contributed by atoms with E-state index in [-0.39, 0.29) is 99.8 Å². The first-order valence-corrected chi connectivity index (χ1v) is 13.8. The summed E-state index contributed by atoms with van der Waals surface area (Å²) in [6, 6.07) is -5.52. The molecular formula is C20H28Li4N6O12S2. The molecule has 0 rings (SSSR count). The Morgan fingerprint density at radius 1 is 0.568 bits per heavy atom. The topological polar surface area (TPSA) is 329 Å². The molecule has 0 aromatic rings. The molecule has 0 aliphatic rings. The molecule has 8 N–H and O–H groups in total. The first-order chi connectivity index (χ1) is 18.6. The van der Waals surface area contributed by atoms with Gasteiger partial charge < -0.3 is 72.3 Å². The summed E-state index contributed by atoms with van der Waals surface area (Å²) in [7, 11) is 1.80. The summed E-state index contributed by atoms with van der Waals surface area (Å²) in [6.45, 7) is -1.74. The molecule has 0 aliphatic carbocycles. The van der Waals surface area contributed by atoms with Crippen molar-refractivity contribution in [2.75, 3.05) is 24.6 Å². The van der Waals surface area contributed by atoms with Crippen molar-refractivity contribution in [1.29, 1.82) is 0 Å². The number of carbonyl (C=O) groups is 8. The summed E-state index contributed by atoms with van der Waals surface area (Å²) in [5, 5.41) is 51.3. The Bertz CT molecular complexity index is 898. The monoisotopic (exact) mass is 636 g/mol. The van der Waals surface area contributed by atoms with Crippen molar-refractivity contribution in [3.63, 3.8) is 0 Å². The van der Waals surface area contributed by atoms with Crippen molar-refractivity contribution >= 4 is 69.1 Å². The predicted molar refractivity (Wildman–Crippen MR) is 129 cm³/mol. The number of rotatable bonds is 21. The van der Waals surface area contributed by atoms with Crippen molar-refractivity contribution in [2.24, 2.45) is 11.5 Å². The van der Waals surface area contributed by atoms with Gasteiger partial charge in [0.05, 0.1) is 37.0 Å². The van der Waals surface area contributed by atoms with Crippen LogP contribution in [0.15, 0.2) is 0 Å². The van der Waals surface area contributed by atoms with Crippen LogP contribution in [-0.2, 0) is 38.4 Å². The maximum absolute atomic E-state index is 12.3. The second kappa shape index (κ2) is 29.2. The van der Waals surface area contributed by atoms with Gasteiger partial charge in [0, 0.05) is 36.4 Å². The third-order valence-electron chi connectivity index (χ3n) is 4.64. The summed E-state index contributed by atoms with van der Waals surface area (Å²) in [5.41, 5.74) is 10.5. The number of carboxylic acid groups (broad SMARTS) is 4. The third-order valence-corrected chi connectivity index (χ3v) is 7.06. The standard InChI is InChI=1S/C20H32N6O12S2.4Li/c21-9(19(35)36)1-3-13(27)25-11(17(33)23-5-15(29)30)7-39-40-8-12(18(34)24-6-16(31)32)26-14(28)4-2-10(22)20(37)38;;;;/h9-12H,1-8,21-22H2,(H,23,33)(H,24,34)(H,25,27)(H,26,28)(H,29,30)(H,31,32)(H,35,36)(H,37,38);;;;/q;4*+1/p-4/t9-,10-,11-,12-;;;;/m0..../s1. The summed E-state index contributed by atoms with van der Waals surface area (Å²) < 4.78 is 0. The van der Waals surface area contributed by atoms with Crippen LogP contribution in [0.2, 0.25) is 0 Å². The summed E-state index contributed by atoms with van der Waals surface area (Å²) in [6.07, 6.45) is -1.41. The Morgan fingerprint density at radius 2 is 0.864 bits per heavy atom. The fraction of sp³-hybridized carbons (Fsp3) is 0.600. The van der Waals surface area contributed by atoms with Gasteiger partial charge in [-0.15, -0.1) is 0 Å². The van der Waals surface area contributed by atoms with Crippen LogP contribution in [0, 0.1) is 0 Å². The molecule has 24 heteroatoms. The molecule has 0 heterocycles. The van der Waals surface area contributed by atoms with Crippen LogP contribution >= 0.6 is 21.6 Å². The third kappa shape index (κ3) is 26.0. The SMILES string of the molecule is N[C@@H](CCC(=O)N[C@@H](CSSC[C@H](NC(=O)CC[C@H](N)C(=O)[O-])C(=O)NCC(=O)[O-])C(=O)NCC(=O)[O-])C(=O)[O-].[Li+].[Li+].[Li+].[Li+]. The fourth-order valence-electron chi connectivity index (χ4n) is 2.50. The fourth-order valence-corrected chi connectivity index (χ4v) is 4.83. The second-order valence-electron chi connectivity index (χ2n) is 7.92. The molecule has 44 heavy (non-hydrogen) atoms. The Morgan fingerprint density at radius 3 is 1.11 bits per heavy atom. The van der Waals surface area contributed by atoms with Gasteiger partial charge in [-0.05, 0) is 12.8 Å². The van der Waals surface area contributed by atoms with E-state index in [1.165, 1.54) is 0 Å². The zero-order chi connectivity index (χ0) is 30.8. The molecule has 226 valence electrons. The van der Waals surface area contributed by atoms with Gasteiger partial charge in [0.1, 0.15) is 12.1 Å². The van der Waals surface area contributed by atoms with Crippen LogP contribution in [0.4, 0.5) is 0 Å². The summed E-state index contributed by atoms with van der Waals surface area (Å²) in [5.74, 6) is -10.2. The zero-order valence-electron chi connectivity index (χ0n) is 24.8. The van der Waals surface area contributed by atoms with E-state index in [1.54, 1.807) is 0 Å². The molecule has 0 bridgehead atoms. The number of carboxylic acids is 4. The van der Waals surface area contributed by atoms with Gasteiger partial charge in [-0.3, -0.25) is 19.2 Å². The van der Waals surface area contributed by atoms with Crippen LogP contribution in [-0.4, -0.2) is 96.3 Å². The smallest absolute Gasteiger partial charge is 0.548 e. The van der Waals surface area contributed by atoms with Gasteiger partial charge in [0.15, 0.2) is 0 Å². The number of hydrogen-bond donors (Lipinski definition) is 6. The van der Waals surface area contributed by atoms with Crippen LogP contribution in [0.1, 0.15) is 25.7 Å². The van der Waals surface area contributed by atoms with Crippen LogP contribution in [0.5, 0.6) is 0 Å². The Labute approximate surface area is 308 Å². The zero-order valence-corrected chi connectivity index (χ0v) is 26.5.